The zero-order chi connectivity index (χ0) is 16.8. The number of piperidine rings is 1. The van der Waals surface area contributed by atoms with E-state index >= 15 is 0 Å². The third kappa shape index (κ3) is 2.08. The first kappa shape index (κ1) is 15.0. The van der Waals surface area contributed by atoms with E-state index < -0.39 is 0 Å². The molecular formula is C19H20N2O3. The predicted molar refractivity (Wildman–Crippen MR) is 90.6 cm³/mol. The van der Waals surface area contributed by atoms with E-state index in [4.69, 9.17) is 4.74 Å². The molecule has 4 rings (SSSR count). The maximum absolute atomic E-state index is 12.4. The summed E-state index contributed by atoms with van der Waals surface area (Å²) < 4.78 is 4.95. The highest BCUT2D eigenvalue weighted by molar-refractivity contribution is 5.91. The molecule has 1 aromatic carbocycles. The summed E-state index contributed by atoms with van der Waals surface area (Å²) in [4.78, 5) is 29.7. The number of nitrogens with one attached hydrogen (secondary N) is 1. The number of amides is 1. The van der Waals surface area contributed by atoms with Crippen molar-refractivity contribution in [3.05, 3.63) is 48.2 Å². The molecule has 2 aromatic rings. The molecule has 0 bridgehead atoms. The van der Waals surface area contributed by atoms with E-state index in [0.29, 0.717) is 13.0 Å². The highest BCUT2D eigenvalue weighted by Gasteiger charge is 2.44. The van der Waals surface area contributed by atoms with Crippen molar-refractivity contribution < 1.29 is 14.3 Å². The van der Waals surface area contributed by atoms with Crippen LogP contribution in [0.5, 0.6) is 0 Å². The van der Waals surface area contributed by atoms with Crippen molar-refractivity contribution in [1.29, 1.82) is 0 Å². The molecule has 0 saturated carbocycles. The monoisotopic (exact) mass is 324 g/mol. The van der Waals surface area contributed by atoms with Gasteiger partial charge in [0.15, 0.2) is 0 Å². The number of aromatic nitrogens is 1. The van der Waals surface area contributed by atoms with Gasteiger partial charge in [-0.25, -0.2) is 0 Å². The Kier molecular flexibility index (Phi) is 3.44. The molecular weight excluding hydrogens is 304 g/mol. The Morgan fingerprint density at radius 1 is 1.42 bits per heavy atom. The number of H-pyrrole nitrogens is 1. The summed E-state index contributed by atoms with van der Waals surface area (Å²) in [5.41, 5.74) is 3.57. The molecule has 3 atom stereocenters. The first-order chi connectivity index (χ1) is 11.6. The van der Waals surface area contributed by atoms with Crippen LogP contribution in [-0.2, 0) is 20.7 Å². The SMILES string of the molecule is C=CC(=O)N1CC(C(=O)OC)CC2c3cccc4[nH]cc(c34)C[C@H]21. The second-order valence-corrected chi connectivity index (χ2v) is 6.61. The van der Waals surface area contributed by atoms with Crippen LogP contribution in [0.4, 0.5) is 0 Å². The number of aromatic amines is 1. The first-order valence-electron chi connectivity index (χ1n) is 8.23. The maximum atomic E-state index is 12.4. The Morgan fingerprint density at radius 3 is 3.00 bits per heavy atom. The average Bonchev–Trinajstić information content (AvgIpc) is 3.04. The van der Waals surface area contributed by atoms with Crippen LogP contribution in [0.15, 0.2) is 37.1 Å². The summed E-state index contributed by atoms with van der Waals surface area (Å²) >= 11 is 0. The van der Waals surface area contributed by atoms with Crippen molar-refractivity contribution in [2.75, 3.05) is 13.7 Å². The quantitative estimate of drug-likeness (QED) is 0.681. The Bertz CT molecular complexity index is 838. The fourth-order valence-corrected chi connectivity index (χ4v) is 4.40. The maximum Gasteiger partial charge on any atom is 0.310 e. The van der Waals surface area contributed by atoms with Gasteiger partial charge in [0.1, 0.15) is 0 Å². The van der Waals surface area contributed by atoms with E-state index in [0.717, 1.165) is 11.9 Å². The van der Waals surface area contributed by atoms with Gasteiger partial charge in [-0.3, -0.25) is 9.59 Å². The van der Waals surface area contributed by atoms with Crippen LogP contribution in [0.3, 0.4) is 0 Å². The highest BCUT2D eigenvalue weighted by Crippen LogP contribution is 2.45. The number of carbonyl (C=O) groups is 2. The standard InChI is InChI=1S/C19H20N2O3/c1-3-17(22)21-10-12(19(23)24-2)7-14-13-5-4-6-15-18(13)11(9-20-15)8-16(14)21/h3-6,9,12,14,16,20H,1,7-8,10H2,2H3/t12?,14?,16-/m1/s1. The van der Waals surface area contributed by atoms with Crippen LogP contribution in [0.25, 0.3) is 10.9 Å². The number of nitrogens with zero attached hydrogens (tertiary/aromatic N) is 1. The van der Waals surface area contributed by atoms with Crippen LogP contribution in [-0.4, -0.2) is 41.5 Å². The number of hydrogen-bond acceptors (Lipinski definition) is 3. The van der Waals surface area contributed by atoms with Crippen LogP contribution < -0.4 is 0 Å². The van der Waals surface area contributed by atoms with Gasteiger partial charge in [0.25, 0.3) is 0 Å². The molecule has 1 amide bonds. The summed E-state index contributed by atoms with van der Waals surface area (Å²) in [6.45, 7) is 4.02. The van der Waals surface area contributed by atoms with E-state index in [1.807, 2.05) is 12.3 Å². The summed E-state index contributed by atoms with van der Waals surface area (Å²) in [7, 11) is 1.40. The van der Waals surface area contributed by atoms with Crippen LogP contribution >= 0.6 is 0 Å². The molecule has 0 radical (unpaired) electrons. The van der Waals surface area contributed by atoms with Gasteiger partial charge in [-0.2, -0.15) is 0 Å². The van der Waals surface area contributed by atoms with Crippen molar-refractivity contribution in [1.82, 2.24) is 9.88 Å². The Labute approximate surface area is 140 Å². The minimum absolute atomic E-state index is 0.0605. The summed E-state index contributed by atoms with van der Waals surface area (Å²) in [5.74, 6) is -0.526. The zero-order valence-corrected chi connectivity index (χ0v) is 13.6. The van der Waals surface area contributed by atoms with Crippen LogP contribution in [0.2, 0.25) is 0 Å². The van der Waals surface area contributed by atoms with Crippen LogP contribution in [0, 0.1) is 5.92 Å². The second-order valence-electron chi connectivity index (χ2n) is 6.61. The first-order valence-corrected chi connectivity index (χ1v) is 8.23. The van der Waals surface area contributed by atoms with Crippen molar-refractivity contribution in [3.8, 4) is 0 Å². The second kappa shape index (κ2) is 5.51. The van der Waals surface area contributed by atoms with Gasteiger partial charge in [0.05, 0.1) is 13.0 Å². The number of hydrogen-bond donors (Lipinski definition) is 1. The molecule has 0 spiro atoms. The molecule has 2 unspecified atom stereocenters. The molecule has 2 heterocycles. The molecule has 1 saturated heterocycles. The van der Waals surface area contributed by atoms with Gasteiger partial charge in [-0.05, 0) is 36.1 Å². The minimum Gasteiger partial charge on any atom is -0.469 e. The molecule has 1 aliphatic carbocycles. The molecule has 1 aromatic heterocycles. The molecule has 1 N–H and O–H groups in total. The topological polar surface area (TPSA) is 62.4 Å². The number of benzene rings is 1. The number of fused-ring (bicyclic) bond motifs is 2. The van der Waals surface area contributed by atoms with Crippen LogP contribution in [0.1, 0.15) is 23.5 Å². The number of esters is 1. The Balaban J connectivity index is 1.82. The van der Waals surface area contributed by atoms with Gasteiger partial charge in [0, 0.05) is 35.6 Å². The Hall–Kier alpha value is -2.56. The van der Waals surface area contributed by atoms with Crippen molar-refractivity contribution >= 4 is 22.8 Å². The van der Waals surface area contributed by atoms with E-state index in [1.54, 1.807) is 4.90 Å². The van der Waals surface area contributed by atoms with Crippen molar-refractivity contribution in [2.24, 2.45) is 5.92 Å². The average molecular weight is 324 g/mol. The van der Waals surface area contributed by atoms with E-state index in [-0.39, 0.29) is 29.8 Å². The summed E-state index contributed by atoms with van der Waals surface area (Å²) in [6.07, 6.45) is 4.88. The summed E-state index contributed by atoms with van der Waals surface area (Å²) in [6, 6.07) is 6.27. The normalized spacial score (nSPS) is 25.2. The lowest BCUT2D eigenvalue weighted by Gasteiger charge is -2.46. The predicted octanol–water partition coefficient (Wildman–Crippen LogP) is 2.38. The zero-order valence-electron chi connectivity index (χ0n) is 13.6. The van der Waals surface area contributed by atoms with Crippen molar-refractivity contribution in [2.45, 2.75) is 24.8 Å². The van der Waals surface area contributed by atoms with Gasteiger partial charge in [-0.15, -0.1) is 0 Å². The third-order valence-electron chi connectivity index (χ3n) is 5.46. The lowest BCUT2D eigenvalue weighted by atomic mass is 9.72. The number of methoxy groups -OCH3 is 1. The fraction of sp³-hybridized carbons (Fsp3) is 0.368. The lowest BCUT2D eigenvalue weighted by Crippen LogP contribution is -2.53. The number of likely N-dealkylation sites (tertiary alicyclic amines) is 1. The molecule has 5 nitrogen and oxygen atoms in total. The molecule has 124 valence electrons. The molecule has 1 aliphatic heterocycles. The number of rotatable bonds is 2. The van der Waals surface area contributed by atoms with E-state index in [2.05, 4.69) is 23.7 Å². The van der Waals surface area contributed by atoms with Gasteiger partial charge in [0.2, 0.25) is 5.91 Å². The molecule has 1 fully saturated rings. The van der Waals surface area contributed by atoms with Gasteiger partial charge in [-0.1, -0.05) is 18.7 Å². The Morgan fingerprint density at radius 2 is 2.25 bits per heavy atom. The van der Waals surface area contributed by atoms with E-state index in [1.165, 1.54) is 29.7 Å². The van der Waals surface area contributed by atoms with Crippen molar-refractivity contribution in [3.63, 3.8) is 0 Å². The largest absolute Gasteiger partial charge is 0.469 e. The molecule has 5 heteroatoms. The summed E-state index contributed by atoms with van der Waals surface area (Å²) in [5, 5.41) is 1.25. The lowest BCUT2D eigenvalue weighted by molar-refractivity contribution is -0.150. The van der Waals surface area contributed by atoms with Gasteiger partial charge < -0.3 is 14.6 Å². The highest BCUT2D eigenvalue weighted by atomic mass is 16.5. The number of ether oxygens (including phenoxy) is 1. The molecule has 24 heavy (non-hydrogen) atoms. The van der Waals surface area contributed by atoms with Gasteiger partial charge >= 0.3 is 5.97 Å². The smallest absolute Gasteiger partial charge is 0.310 e. The number of carbonyl (C=O) groups excluding carboxylic acids is 2. The molecule has 2 aliphatic rings. The fourth-order valence-electron chi connectivity index (χ4n) is 4.40. The van der Waals surface area contributed by atoms with E-state index in [9.17, 15) is 9.59 Å². The minimum atomic E-state index is -0.295. The third-order valence-corrected chi connectivity index (χ3v) is 5.46.